The molecule has 14 heavy (non-hydrogen) atoms. The number of primary amides is 1. The molecule has 0 saturated carbocycles. The minimum atomic E-state index is -0.416. The number of rotatable bonds is 2. The first-order chi connectivity index (χ1) is 6.75. The lowest BCUT2D eigenvalue weighted by atomic mass is 10.1. The molecule has 0 fully saturated rings. The molecule has 2 rings (SSSR count). The van der Waals surface area contributed by atoms with Crippen LogP contribution in [0, 0.1) is 6.42 Å². The summed E-state index contributed by atoms with van der Waals surface area (Å²) in [5.74, 6) is -0.416. The fraction of sp³-hybridized carbons (Fsp3) is 0. The van der Waals surface area contributed by atoms with E-state index in [0.717, 1.165) is 16.3 Å². The Morgan fingerprint density at radius 2 is 1.79 bits per heavy atom. The van der Waals surface area contributed by atoms with Crippen LogP contribution in [-0.2, 0) is 4.79 Å². The number of fused-ring (bicyclic) bond motifs is 1. The summed E-state index contributed by atoms with van der Waals surface area (Å²) in [5, 5.41) is 2.27. The van der Waals surface area contributed by atoms with Crippen LogP contribution in [0.2, 0.25) is 0 Å². The molecule has 0 saturated heterocycles. The number of amides is 1. The number of nitrogens with two attached hydrogens (primary N) is 1. The summed E-state index contributed by atoms with van der Waals surface area (Å²) in [4.78, 5) is 10.7. The van der Waals surface area contributed by atoms with Gasteiger partial charge in [0.15, 0.2) is 0 Å². The van der Waals surface area contributed by atoms with Crippen LogP contribution in [-0.4, -0.2) is 5.91 Å². The summed E-state index contributed by atoms with van der Waals surface area (Å²) in [5.41, 5.74) is 5.92. The predicted molar refractivity (Wildman–Crippen MR) is 56.5 cm³/mol. The van der Waals surface area contributed by atoms with Crippen LogP contribution in [0.15, 0.2) is 42.5 Å². The van der Waals surface area contributed by atoms with Gasteiger partial charge in [0.25, 0.3) is 0 Å². The second-order valence-electron chi connectivity index (χ2n) is 3.15. The van der Waals surface area contributed by atoms with E-state index in [9.17, 15) is 4.79 Å². The topological polar surface area (TPSA) is 43.1 Å². The Hall–Kier alpha value is -1.83. The van der Waals surface area contributed by atoms with Gasteiger partial charge in [0.1, 0.15) is 0 Å². The highest BCUT2D eigenvalue weighted by Crippen LogP contribution is 2.16. The van der Waals surface area contributed by atoms with Gasteiger partial charge in [0.05, 0.1) is 6.42 Å². The molecular weight excluding hydrogens is 174 g/mol. The molecule has 0 aliphatic heterocycles. The Morgan fingerprint density at radius 3 is 2.50 bits per heavy atom. The average molecular weight is 184 g/mol. The number of hydrogen-bond acceptors (Lipinski definition) is 1. The predicted octanol–water partition coefficient (Wildman–Crippen LogP) is 1.88. The van der Waals surface area contributed by atoms with Gasteiger partial charge < -0.3 is 5.73 Å². The summed E-state index contributed by atoms with van der Waals surface area (Å²) in [7, 11) is 0. The van der Waals surface area contributed by atoms with Gasteiger partial charge in [-0.15, -0.1) is 0 Å². The van der Waals surface area contributed by atoms with Crippen LogP contribution < -0.4 is 5.73 Å². The Kier molecular flexibility index (Phi) is 2.19. The van der Waals surface area contributed by atoms with Crippen LogP contribution in [0.5, 0.6) is 0 Å². The molecular formula is C12H10NO. The number of benzene rings is 2. The van der Waals surface area contributed by atoms with Crippen LogP contribution in [0.3, 0.4) is 0 Å². The number of carbonyl (C=O) groups excluding carboxylic acids is 1. The van der Waals surface area contributed by atoms with Crippen molar-refractivity contribution in [2.45, 2.75) is 0 Å². The van der Waals surface area contributed by atoms with Gasteiger partial charge in [-0.05, 0) is 16.3 Å². The van der Waals surface area contributed by atoms with E-state index in [-0.39, 0.29) is 0 Å². The average Bonchev–Trinajstić information content (AvgIpc) is 2.17. The van der Waals surface area contributed by atoms with Crippen molar-refractivity contribution in [2.24, 2.45) is 5.73 Å². The summed E-state index contributed by atoms with van der Waals surface area (Å²) >= 11 is 0. The molecule has 0 unspecified atom stereocenters. The first-order valence-electron chi connectivity index (χ1n) is 4.39. The summed E-state index contributed by atoms with van der Waals surface area (Å²) < 4.78 is 0. The number of carbonyl (C=O) groups is 1. The Labute approximate surface area is 82.3 Å². The van der Waals surface area contributed by atoms with Crippen molar-refractivity contribution in [2.75, 3.05) is 0 Å². The van der Waals surface area contributed by atoms with Gasteiger partial charge in [0, 0.05) is 0 Å². The zero-order valence-electron chi connectivity index (χ0n) is 7.60. The quantitative estimate of drug-likeness (QED) is 0.760. The van der Waals surface area contributed by atoms with E-state index >= 15 is 0 Å². The van der Waals surface area contributed by atoms with Gasteiger partial charge in [0.2, 0.25) is 5.91 Å². The van der Waals surface area contributed by atoms with E-state index in [4.69, 9.17) is 5.73 Å². The van der Waals surface area contributed by atoms with E-state index in [2.05, 4.69) is 0 Å². The second kappa shape index (κ2) is 3.50. The van der Waals surface area contributed by atoms with Crippen molar-refractivity contribution in [1.82, 2.24) is 0 Å². The summed E-state index contributed by atoms with van der Waals surface area (Å²) in [6.07, 6.45) is 1.42. The van der Waals surface area contributed by atoms with Crippen LogP contribution >= 0.6 is 0 Å². The zero-order chi connectivity index (χ0) is 9.97. The van der Waals surface area contributed by atoms with Crippen LogP contribution in [0.4, 0.5) is 0 Å². The second-order valence-corrected chi connectivity index (χ2v) is 3.15. The Bertz CT molecular complexity index is 476. The molecule has 0 bridgehead atoms. The summed E-state index contributed by atoms with van der Waals surface area (Å²) in [6.45, 7) is 0. The molecule has 1 radical (unpaired) electrons. The normalized spacial score (nSPS) is 10.3. The molecule has 0 spiro atoms. The van der Waals surface area contributed by atoms with Gasteiger partial charge in [-0.25, -0.2) is 0 Å². The first-order valence-corrected chi connectivity index (χ1v) is 4.39. The Morgan fingerprint density at radius 1 is 1.07 bits per heavy atom. The summed E-state index contributed by atoms with van der Waals surface area (Å²) in [6, 6.07) is 13.8. The molecule has 2 aromatic carbocycles. The first kappa shape index (κ1) is 8.75. The van der Waals surface area contributed by atoms with Crippen LogP contribution in [0.1, 0.15) is 5.56 Å². The molecule has 1 amide bonds. The fourth-order valence-corrected chi connectivity index (χ4v) is 1.46. The maximum atomic E-state index is 10.7. The lowest BCUT2D eigenvalue weighted by molar-refractivity contribution is -0.114. The van der Waals surface area contributed by atoms with Gasteiger partial charge >= 0.3 is 0 Å². The Balaban J connectivity index is 2.46. The maximum absolute atomic E-state index is 10.7. The van der Waals surface area contributed by atoms with Crippen molar-refractivity contribution in [3.8, 4) is 0 Å². The lowest BCUT2D eigenvalue weighted by Gasteiger charge is -2.00. The molecule has 2 aromatic rings. The van der Waals surface area contributed by atoms with Crippen molar-refractivity contribution in [1.29, 1.82) is 0 Å². The maximum Gasteiger partial charge on any atom is 0.226 e. The van der Waals surface area contributed by atoms with Gasteiger partial charge in [-0.1, -0.05) is 42.5 Å². The van der Waals surface area contributed by atoms with E-state index in [1.54, 1.807) is 0 Å². The molecule has 0 aromatic heterocycles. The molecule has 0 aliphatic rings. The van der Waals surface area contributed by atoms with E-state index in [0.29, 0.717) is 0 Å². The third-order valence-electron chi connectivity index (χ3n) is 2.08. The molecule has 2 nitrogen and oxygen atoms in total. The minimum absolute atomic E-state index is 0.416. The minimum Gasteiger partial charge on any atom is -0.369 e. The molecule has 69 valence electrons. The van der Waals surface area contributed by atoms with Crippen molar-refractivity contribution in [3.63, 3.8) is 0 Å². The van der Waals surface area contributed by atoms with Crippen molar-refractivity contribution >= 4 is 16.7 Å². The smallest absolute Gasteiger partial charge is 0.226 e. The van der Waals surface area contributed by atoms with Crippen molar-refractivity contribution in [3.05, 3.63) is 54.4 Å². The highest BCUT2D eigenvalue weighted by atomic mass is 16.1. The third-order valence-corrected chi connectivity index (χ3v) is 2.08. The highest BCUT2D eigenvalue weighted by molar-refractivity contribution is 5.90. The van der Waals surface area contributed by atoms with Gasteiger partial charge in [-0.3, -0.25) is 4.79 Å². The fourth-order valence-electron chi connectivity index (χ4n) is 1.46. The van der Waals surface area contributed by atoms with E-state index < -0.39 is 5.91 Å². The van der Waals surface area contributed by atoms with Crippen molar-refractivity contribution < 1.29 is 4.79 Å². The van der Waals surface area contributed by atoms with Crippen LogP contribution in [0.25, 0.3) is 10.8 Å². The molecule has 2 N–H and O–H groups in total. The highest BCUT2D eigenvalue weighted by Gasteiger charge is 1.99. The molecule has 0 heterocycles. The largest absolute Gasteiger partial charge is 0.369 e. The van der Waals surface area contributed by atoms with E-state index in [1.807, 2.05) is 42.5 Å². The molecule has 0 aliphatic carbocycles. The van der Waals surface area contributed by atoms with E-state index in [1.165, 1.54) is 6.42 Å². The zero-order valence-corrected chi connectivity index (χ0v) is 7.60. The standard InChI is InChI=1S/C12H10NO/c13-12(14)8-9-5-6-10-3-1-2-4-11(10)7-9/h1-8H,(H2,13,14). The monoisotopic (exact) mass is 184 g/mol. The number of hydrogen-bond donors (Lipinski definition) is 1. The SMILES string of the molecule is NC(=O)[CH]c1ccc2ccccc2c1. The van der Waals surface area contributed by atoms with Gasteiger partial charge in [-0.2, -0.15) is 0 Å². The molecule has 2 heteroatoms. The third kappa shape index (κ3) is 1.74. The lowest BCUT2D eigenvalue weighted by Crippen LogP contribution is -2.11. The molecule has 0 atom stereocenters.